The smallest absolute Gasteiger partial charge is 0.265 e. The molecule has 3 aromatic rings. The lowest BCUT2D eigenvalue weighted by atomic mass is 10.2. The largest absolute Gasteiger partial charge is 0.279 e. The molecule has 0 radical (unpaired) electrons. The Morgan fingerprint density at radius 3 is 2.38 bits per heavy atom. The van der Waals surface area contributed by atoms with E-state index in [9.17, 15) is 8.42 Å². The Labute approximate surface area is 142 Å². The van der Waals surface area contributed by atoms with Gasteiger partial charge < -0.3 is 0 Å². The van der Waals surface area contributed by atoms with Gasteiger partial charge in [0.25, 0.3) is 10.0 Å². The number of hydrogen-bond acceptors (Lipinski definition) is 3. The number of rotatable bonds is 5. The number of hydrogen-bond donors (Lipinski definition) is 1. The second kappa shape index (κ2) is 6.49. The summed E-state index contributed by atoms with van der Waals surface area (Å²) in [5.41, 5.74) is 2.99. The lowest BCUT2D eigenvalue weighted by Gasteiger charge is -2.09. The standard InChI is InChI=1S/C18H19N3O2S/c1-14-8-6-7-11-17(14)20-24(22,23)18-13-21(19-15(18)2)12-16-9-4-3-5-10-16/h3-11,13,20H,12H2,1-2H3. The molecule has 0 amide bonds. The third kappa shape index (κ3) is 3.49. The van der Waals surface area contributed by atoms with E-state index in [1.54, 1.807) is 29.9 Å². The predicted molar refractivity (Wildman–Crippen MR) is 94.5 cm³/mol. The van der Waals surface area contributed by atoms with Crippen LogP contribution in [-0.4, -0.2) is 18.2 Å². The molecule has 0 saturated carbocycles. The molecule has 0 aliphatic carbocycles. The van der Waals surface area contributed by atoms with Gasteiger partial charge in [-0.2, -0.15) is 5.10 Å². The molecule has 1 N–H and O–H groups in total. The summed E-state index contributed by atoms with van der Waals surface area (Å²) >= 11 is 0. The summed E-state index contributed by atoms with van der Waals surface area (Å²) in [6.07, 6.45) is 1.57. The van der Waals surface area contributed by atoms with Gasteiger partial charge in [-0.1, -0.05) is 48.5 Å². The van der Waals surface area contributed by atoms with Crippen molar-refractivity contribution in [2.75, 3.05) is 4.72 Å². The van der Waals surface area contributed by atoms with E-state index in [0.717, 1.165) is 11.1 Å². The van der Waals surface area contributed by atoms with E-state index in [1.807, 2.05) is 49.4 Å². The van der Waals surface area contributed by atoms with Gasteiger partial charge in [-0.15, -0.1) is 0 Å². The minimum absolute atomic E-state index is 0.196. The average molecular weight is 341 g/mol. The van der Waals surface area contributed by atoms with E-state index >= 15 is 0 Å². The monoisotopic (exact) mass is 341 g/mol. The van der Waals surface area contributed by atoms with E-state index in [2.05, 4.69) is 9.82 Å². The molecule has 0 unspecified atom stereocenters. The van der Waals surface area contributed by atoms with Crippen LogP contribution < -0.4 is 4.72 Å². The maximum atomic E-state index is 12.7. The molecule has 2 aromatic carbocycles. The first-order valence-corrected chi connectivity index (χ1v) is 9.10. The molecular formula is C18H19N3O2S. The highest BCUT2D eigenvalue weighted by atomic mass is 32.2. The zero-order valence-corrected chi connectivity index (χ0v) is 14.4. The molecular weight excluding hydrogens is 322 g/mol. The van der Waals surface area contributed by atoms with Crippen LogP contribution in [-0.2, 0) is 16.6 Å². The summed E-state index contributed by atoms with van der Waals surface area (Å²) in [7, 11) is -3.67. The first kappa shape index (κ1) is 16.3. The molecule has 0 aliphatic rings. The van der Waals surface area contributed by atoms with Crippen molar-refractivity contribution in [1.29, 1.82) is 0 Å². The zero-order valence-electron chi connectivity index (χ0n) is 13.6. The fraction of sp³-hybridized carbons (Fsp3) is 0.167. The minimum Gasteiger partial charge on any atom is -0.279 e. The number of aromatic nitrogens is 2. The summed E-state index contributed by atoms with van der Waals surface area (Å²) in [6, 6.07) is 17.1. The third-order valence-corrected chi connectivity index (χ3v) is 5.24. The Bertz CT molecular complexity index is 947. The number of nitrogens with one attached hydrogen (secondary N) is 1. The molecule has 0 bridgehead atoms. The molecule has 124 valence electrons. The number of anilines is 1. The molecule has 0 atom stereocenters. The Kier molecular flexibility index (Phi) is 4.40. The number of sulfonamides is 1. The number of nitrogens with zero attached hydrogens (tertiary/aromatic N) is 2. The van der Waals surface area contributed by atoms with Crippen LogP contribution in [0.25, 0.3) is 0 Å². The highest BCUT2D eigenvalue weighted by Crippen LogP contribution is 2.21. The van der Waals surface area contributed by atoms with Crippen LogP contribution in [0.15, 0.2) is 65.7 Å². The first-order valence-electron chi connectivity index (χ1n) is 7.62. The van der Waals surface area contributed by atoms with Crippen molar-refractivity contribution in [3.63, 3.8) is 0 Å². The highest BCUT2D eigenvalue weighted by Gasteiger charge is 2.21. The molecule has 1 heterocycles. The van der Waals surface area contributed by atoms with Crippen LogP contribution in [0.4, 0.5) is 5.69 Å². The van der Waals surface area contributed by atoms with Gasteiger partial charge in [0.1, 0.15) is 4.90 Å². The molecule has 0 aliphatic heterocycles. The maximum Gasteiger partial charge on any atom is 0.265 e. The summed E-state index contributed by atoms with van der Waals surface area (Å²) in [5.74, 6) is 0. The molecule has 5 nitrogen and oxygen atoms in total. The van der Waals surface area contributed by atoms with Crippen molar-refractivity contribution in [1.82, 2.24) is 9.78 Å². The normalized spacial score (nSPS) is 11.4. The quantitative estimate of drug-likeness (QED) is 0.774. The van der Waals surface area contributed by atoms with Gasteiger partial charge in [0.05, 0.1) is 17.9 Å². The Balaban J connectivity index is 1.87. The van der Waals surface area contributed by atoms with Gasteiger partial charge >= 0.3 is 0 Å². The van der Waals surface area contributed by atoms with Gasteiger partial charge in [-0.05, 0) is 31.0 Å². The molecule has 24 heavy (non-hydrogen) atoms. The van der Waals surface area contributed by atoms with Crippen molar-refractivity contribution in [3.05, 3.63) is 77.6 Å². The van der Waals surface area contributed by atoms with Gasteiger partial charge in [-0.3, -0.25) is 9.40 Å². The second-order valence-electron chi connectivity index (χ2n) is 5.68. The van der Waals surface area contributed by atoms with Crippen LogP contribution in [0, 0.1) is 13.8 Å². The van der Waals surface area contributed by atoms with Crippen molar-refractivity contribution in [2.24, 2.45) is 0 Å². The number of para-hydroxylation sites is 1. The minimum atomic E-state index is -3.67. The Hall–Kier alpha value is -2.60. The van der Waals surface area contributed by atoms with Crippen LogP contribution in [0.1, 0.15) is 16.8 Å². The Morgan fingerprint density at radius 1 is 1.00 bits per heavy atom. The van der Waals surface area contributed by atoms with Crippen LogP contribution in [0.2, 0.25) is 0 Å². The molecule has 1 aromatic heterocycles. The summed E-state index contributed by atoms with van der Waals surface area (Å²) in [4.78, 5) is 0.196. The van der Waals surface area contributed by atoms with Crippen LogP contribution in [0.3, 0.4) is 0 Å². The SMILES string of the molecule is Cc1ccccc1NS(=O)(=O)c1cn(Cc2ccccc2)nc1C. The van der Waals surface area contributed by atoms with E-state index in [0.29, 0.717) is 17.9 Å². The zero-order chi connectivity index (χ0) is 17.2. The van der Waals surface area contributed by atoms with Crippen molar-refractivity contribution >= 4 is 15.7 Å². The molecule has 6 heteroatoms. The molecule has 0 saturated heterocycles. The molecule has 0 spiro atoms. The van der Waals surface area contributed by atoms with Gasteiger partial charge in [0.2, 0.25) is 0 Å². The maximum absolute atomic E-state index is 12.7. The summed E-state index contributed by atoms with van der Waals surface area (Å²) in [6.45, 7) is 4.10. The van der Waals surface area contributed by atoms with Gasteiger partial charge in [0.15, 0.2) is 0 Å². The average Bonchev–Trinajstić information content (AvgIpc) is 2.92. The molecule has 0 fully saturated rings. The third-order valence-electron chi connectivity index (χ3n) is 3.77. The van der Waals surface area contributed by atoms with E-state index in [-0.39, 0.29) is 4.90 Å². The fourth-order valence-corrected chi connectivity index (χ4v) is 3.82. The predicted octanol–water partition coefficient (Wildman–Crippen LogP) is 3.35. The lowest BCUT2D eigenvalue weighted by molar-refractivity contribution is 0.600. The first-order chi connectivity index (χ1) is 11.5. The second-order valence-corrected chi connectivity index (χ2v) is 7.33. The van der Waals surface area contributed by atoms with E-state index in [4.69, 9.17) is 0 Å². The summed E-state index contributed by atoms with van der Waals surface area (Å²) < 4.78 is 29.6. The van der Waals surface area contributed by atoms with Gasteiger partial charge in [-0.25, -0.2) is 8.42 Å². The van der Waals surface area contributed by atoms with Crippen molar-refractivity contribution < 1.29 is 8.42 Å². The topological polar surface area (TPSA) is 64.0 Å². The number of benzene rings is 2. The molecule has 3 rings (SSSR count). The van der Waals surface area contributed by atoms with Crippen LogP contribution in [0.5, 0.6) is 0 Å². The number of aryl methyl sites for hydroxylation is 2. The van der Waals surface area contributed by atoms with E-state index in [1.165, 1.54) is 0 Å². The van der Waals surface area contributed by atoms with E-state index < -0.39 is 10.0 Å². The fourth-order valence-electron chi connectivity index (χ4n) is 2.50. The Morgan fingerprint density at radius 2 is 1.67 bits per heavy atom. The van der Waals surface area contributed by atoms with Crippen LogP contribution >= 0.6 is 0 Å². The van der Waals surface area contributed by atoms with Crippen molar-refractivity contribution in [3.8, 4) is 0 Å². The lowest BCUT2D eigenvalue weighted by Crippen LogP contribution is -2.14. The highest BCUT2D eigenvalue weighted by molar-refractivity contribution is 7.92. The summed E-state index contributed by atoms with van der Waals surface area (Å²) in [5, 5.41) is 4.33. The van der Waals surface area contributed by atoms with Gasteiger partial charge in [0, 0.05) is 6.20 Å². The van der Waals surface area contributed by atoms with Crippen molar-refractivity contribution in [2.45, 2.75) is 25.3 Å².